The summed E-state index contributed by atoms with van der Waals surface area (Å²) in [6.45, 7) is 14.0. The number of carbonyl (C=O) groups is 3. The van der Waals surface area contributed by atoms with Crippen LogP contribution in [0.1, 0.15) is 77.3 Å². The van der Waals surface area contributed by atoms with Gasteiger partial charge in [-0.3, -0.25) is 19.3 Å². The van der Waals surface area contributed by atoms with Crippen molar-refractivity contribution in [3.05, 3.63) is 101 Å². The van der Waals surface area contributed by atoms with E-state index in [0.29, 0.717) is 31.6 Å². The molecule has 1 spiro atoms. The van der Waals surface area contributed by atoms with Crippen LogP contribution >= 0.6 is 0 Å². The van der Waals surface area contributed by atoms with Crippen molar-refractivity contribution in [2.75, 3.05) is 36.6 Å². The predicted molar refractivity (Wildman–Crippen MR) is 229 cm³/mol. The van der Waals surface area contributed by atoms with Crippen LogP contribution < -0.4 is 19.7 Å². The van der Waals surface area contributed by atoms with Gasteiger partial charge in [0.1, 0.15) is 5.75 Å². The fourth-order valence-corrected chi connectivity index (χ4v) is 14.1. The van der Waals surface area contributed by atoms with E-state index in [-0.39, 0.29) is 48.3 Å². The Morgan fingerprint density at radius 1 is 1.00 bits per heavy atom. The summed E-state index contributed by atoms with van der Waals surface area (Å²) in [5.41, 5.74) is 5.16. The van der Waals surface area contributed by atoms with Gasteiger partial charge in [0.25, 0.3) is 5.91 Å². The van der Waals surface area contributed by atoms with Crippen LogP contribution in [0, 0.1) is 5.92 Å². The van der Waals surface area contributed by atoms with Gasteiger partial charge in [-0.1, -0.05) is 78.8 Å². The van der Waals surface area contributed by atoms with Crippen molar-refractivity contribution in [3.8, 4) is 5.75 Å². The van der Waals surface area contributed by atoms with Crippen LogP contribution in [0.3, 0.4) is 0 Å². The number of anilines is 3. The molecule has 0 aromatic heterocycles. The van der Waals surface area contributed by atoms with E-state index in [4.69, 9.17) is 9.47 Å². The number of nitrogens with zero attached hydrogens (tertiary/aromatic N) is 3. The van der Waals surface area contributed by atoms with Gasteiger partial charge in [-0.05, 0) is 100 Å². The first kappa shape index (κ1) is 40.7. The lowest BCUT2D eigenvalue weighted by Crippen LogP contribution is -2.52. The van der Waals surface area contributed by atoms with E-state index in [1.165, 1.54) is 16.3 Å². The summed E-state index contributed by atoms with van der Waals surface area (Å²) in [6, 6.07) is 22.0. The Kier molecular flexibility index (Phi) is 11.7. The highest BCUT2D eigenvalue weighted by Crippen LogP contribution is 2.60. The fourth-order valence-electron chi connectivity index (χ4n) is 10.1. The SMILES string of the molecule is COc1ccc([Si](C)(C)[C@@H]2[C@@H](CC(=O)N3CCC[C@H]3CO)O[C@]3(C(=O)N(C/C=C(\C)CCC=C(C)C)c4ccc(N5C(=O)CCc6ccccc65)cc43)[C@H]2C)cc1. The van der Waals surface area contributed by atoms with E-state index in [1.807, 2.05) is 58.3 Å². The first-order chi connectivity index (χ1) is 27.3. The number of aliphatic hydroxyl groups excluding tert-OH is 1. The fraction of sp³-hybridized carbons (Fsp3) is 0.468. The Balaban J connectivity index is 1.35. The summed E-state index contributed by atoms with van der Waals surface area (Å²) in [7, 11) is -0.865. The molecular weight excluding hydrogens is 731 g/mol. The number of likely N-dealkylation sites (tertiary alicyclic amines) is 1. The molecule has 0 saturated carbocycles. The third kappa shape index (κ3) is 7.41. The second-order valence-electron chi connectivity index (χ2n) is 17.3. The van der Waals surface area contributed by atoms with Crippen LogP contribution in [0.5, 0.6) is 5.75 Å². The minimum Gasteiger partial charge on any atom is -0.497 e. The second kappa shape index (κ2) is 16.4. The van der Waals surface area contributed by atoms with E-state index in [0.717, 1.165) is 53.9 Å². The number of fused-ring (bicyclic) bond motifs is 3. The molecule has 2 saturated heterocycles. The Hall–Kier alpha value is -4.51. The molecule has 5 atom stereocenters. The summed E-state index contributed by atoms with van der Waals surface area (Å²) < 4.78 is 12.9. The van der Waals surface area contributed by atoms with Crippen LogP contribution in [0.15, 0.2) is 90.0 Å². The van der Waals surface area contributed by atoms with Gasteiger partial charge in [0.15, 0.2) is 5.60 Å². The van der Waals surface area contributed by atoms with E-state index in [2.05, 4.69) is 71.1 Å². The maximum absolute atomic E-state index is 15.5. The molecule has 57 heavy (non-hydrogen) atoms. The average molecular weight is 790 g/mol. The van der Waals surface area contributed by atoms with Gasteiger partial charge in [0.2, 0.25) is 11.8 Å². The molecule has 302 valence electrons. The summed E-state index contributed by atoms with van der Waals surface area (Å²) in [5.74, 6) is 0.289. The van der Waals surface area contributed by atoms with Crippen molar-refractivity contribution < 1.29 is 29.0 Å². The molecule has 3 aromatic rings. The molecule has 0 radical (unpaired) electrons. The third-order valence-corrected chi connectivity index (χ3v) is 17.5. The number of hydrogen-bond acceptors (Lipinski definition) is 6. The second-order valence-corrected chi connectivity index (χ2v) is 22.0. The normalized spacial score (nSPS) is 24.6. The van der Waals surface area contributed by atoms with Crippen LogP contribution in [-0.2, 0) is 31.1 Å². The molecule has 0 unspecified atom stereocenters. The molecular formula is C47H59N3O6Si. The average Bonchev–Trinajstić information content (AvgIpc) is 3.86. The van der Waals surface area contributed by atoms with Gasteiger partial charge in [-0.25, -0.2) is 0 Å². The van der Waals surface area contributed by atoms with Crippen LogP contribution in [0.25, 0.3) is 0 Å². The highest BCUT2D eigenvalue weighted by molar-refractivity contribution is 6.91. The van der Waals surface area contributed by atoms with Gasteiger partial charge in [0.05, 0.1) is 51.7 Å². The van der Waals surface area contributed by atoms with E-state index in [9.17, 15) is 14.7 Å². The molecule has 4 aliphatic heterocycles. The van der Waals surface area contributed by atoms with Gasteiger partial charge in [-0.2, -0.15) is 0 Å². The van der Waals surface area contributed by atoms with Crippen molar-refractivity contribution in [3.63, 3.8) is 0 Å². The van der Waals surface area contributed by atoms with Crippen LogP contribution in [0.4, 0.5) is 17.1 Å². The first-order valence-electron chi connectivity index (χ1n) is 20.7. The quantitative estimate of drug-likeness (QED) is 0.148. The van der Waals surface area contributed by atoms with Crippen molar-refractivity contribution >= 4 is 48.0 Å². The van der Waals surface area contributed by atoms with Crippen molar-refractivity contribution in [1.29, 1.82) is 0 Å². The number of allylic oxidation sites excluding steroid dienone is 3. The molecule has 3 aromatic carbocycles. The first-order valence-corrected chi connectivity index (χ1v) is 23.8. The summed E-state index contributed by atoms with van der Waals surface area (Å²) in [6.07, 6.45) is 8.47. The number of carbonyl (C=O) groups excluding carboxylic acids is 3. The number of aliphatic hydroxyl groups is 1. The number of rotatable bonds is 12. The number of hydrogen-bond donors (Lipinski definition) is 1. The minimum absolute atomic E-state index is 0.0117. The summed E-state index contributed by atoms with van der Waals surface area (Å²) >= 11 is 0. The molecule has 9 nitrogen and oxygen atoms in total. The lowest BCUT2D eigenvalue weighted by molar-refractivity contribution is -0.149. The van der Waals surface area contributed by atoms with E-state index >= 15 is 4.79 Å². The van der Waals surface area contributed by atoms with Gasteiger partial charge in [-0.15, -0.1) is 0 Å². The zero-order valence-electron chi connectivity index (χ0n) is 34.7. The monoisotopic (exact) mass is 789 g/mol. The molecule has 1 N–H and O–H groups in total. The molecule has 0 bridgehead atoms. The number of ether oxygens (including phenoxy) is 2. The van der Waals surface area contributed by atoms with Crippen LogP contribution in [0.2, 0.25) is 18.6 Å². The third-order valence-electron chi connectivity index (χ3n) is 13.2. The lowest BCUT2D eigenvalue weighted by Gasteiger charge is -2.37. The topological polar surface area (TPSA) is 99.6 Å². The summed E-state index contributed by atoms with van der Waals surface area (Å²) in [4.78, 5) is 49.0. The maximum Gasteiger partial charge on any atom is 0.264 e. The lowest BCUT2D eigenvalue weighted by atomic mass is 9.82. The number of aryl methyl sites for hydroxylation is 1. The molecule has 7 rings (SSSR count). The standard InChI is InChI=1S/C47H59N3O6Si/c1-31(2)12-10-13-32(3)25-27-49-41-23-18-35(50-40-16-9-8-14-34(40)17-24-43(50)52)28-39(41)47(46(49)54)33(4)45(57(6,7)38-21-19-37(55-5)20-22-38)42(56-47)29-44(53)48-26-11-15-36(48)30-51/h8-9,12,14,16,18-23,25,28,33,36,42,45,51H,10-11,13,15,17,24,26-27,29-30H2,1-7H3/b32-25+/t33-,36-,42+,45-,47+/m0/s1. The maximum atomic E-state index is 15.5. The predicted octanol–water partition coefficient (Wildman–Crippen LogP) is 7.93. The number of amides is 3. The highest BCUT2D eigenvalue weighted by Gasteiger charge is 2.66. The van der Waals surface area contributed by atoms with Gasteiger partial charge >= 0.3 is 0 Å². The zero-order chi connectivity index (χ0) is 40.6. The van der Waals surface area contributed by atoms with Gasteiger partial charge in [0, 0.05) is 36.7 Å². The molecule has 3 amide bonds. The van der Waals surface area contributed by atoms with E-state index < -0.39 is 19.8 Å². The molecule has 4 aliphatic rings. The van der Waals surface area contributed by atoms with Crippen molar-refractivity contribution in [2.45, 2.75) is 109 Å². The highest BCUT2D eigenvalue weighted by atomic mass is 28.3. The number of benzene rings is 3. The number of para-hydroxylation sites is 1. The van der Waals surface area contributed by atoms with Crippen LogP contribution in [-0.4, -0.2) is 74.8 Å². The largest absolute Gasteiger partial charge is 0.497 e. The van der Waals surface area contributed by atoms with Crippen molar-refractivity contribution in [2.24, 2.45) is 5.92 Å². The van der Waals surface area contributed by atoms with E-state index in [1.54, 1.807) is 12.0 Å². The van der Waals surface area contributed by atoms with Crippen molar-refractivity contribution in [1.82, 2.24) is 4.90 Å². The minimum atomic E-state index is -2.52. The Morgan fingerprint density at radius 2 is 1.75 bits per heavy atom. The Labute approximate surface area is 339 Å². The molecule has 10 heteroatoms. The van der Waals surface area contributed by atoms with Gasteiger partial charge < -0.3 is 24.4 Å². The Bertz CT molecular complexity index is 2070. The molecule has 4 heterocycles. The molecule has 0 aliphatic carbocycles. The Morgan fingerprint density at radius 3 is 2.47 bits per heavy atom. The smallest absolute Gasteiger partial charge is 0.264 e. The zero-order valence-corrected chi connectivity index (χ0v) is 35.7. The number of methoxy groups -OCH3 is 1. The molecule has 2 fully saturated rings. The summed E-state index contributed by atoms with van der Waals surface area (Å²) in [5, 5.41) is 11.4.